The van der Waals surface area contributed by atoms with Crippen LogP contribution >= 0.6 is 0 Å². The van der Waals surface area contributed by atoms with Crippen molar-refractivity contribution in [2.45, 2.75) is 24.5 Å². The van der Waals surface area contributed by atoms with Crippen LogP contribution in [0.25, 0.3) is 0 Å². The van der Waals surface area contributed by atoms with Crippen molar-refractivity contribution >= 4 is 15.6 Å². The maximum absolute atomic E-state index is 14.1. The Morgan fingerprint density at radius 3 is 2.68 bits per heavy atom. The van der Waals surface area contributed by atoms with Gasteiger partial charge < -0.3 is 4.52 Å². The van der Waals surface area contributed by atoms with Gasteiger partial charge in [0.15, 0.2) is 15.6 Å². The number of rotatable bonds is 5. The molecule has 1 aromatic carbocycles. The average Bonchev–Trinajstić information content (AvgIpc) is 3.14. The second kappa shape index (κ2) is 5.31. The van der Waals surface area contributed by atoms with Gasteiger partial charge in [0, 0.05) is 12.2 Å². The summed E-state index contributed by atoms with van der Waals surface area (Å²) in [6.45, 7) is 0. The number of hydrogen-bond donors (Lipinski definition) is 0. The number of benzene rings is 1. The summed E-state index contributed by atoms with van der Waals surface area (Å²) in [5, 5.41) is 3.63. The first-order valence-corrected chi connectivity index (χ1v) is 8.86. The average molecular weight is 323 g/mol. The summed E-state index contributed by atoms with van der Waals surface area (Å²) in [6.07, 6.45) is 4.25. The molecule has 0 aliphatic heterocycles. The zero-order chi connectivity index (χ0) is 15.9. The minimum absolute atomic E-state index is 0.109. The molecule has 116 valence electrons. The molecule has 5 nitrogen and oxygen atoms in total. The van der Waals surface area contributed by atoms with Crippen LogP contribution < -0.4 is 0 Å². The largest absolute Gasteiger partial charge is 0.360 e. The molecular formula is C15H14FNO4S. The second-order valence-electron chi connectivity index (χ2n) is 5.59. The fraction of sp³-hybridized carbons (Fsp3) is 0.333. The number of nitrogens with zero attached hydrogens (tertiary/aromatic N) is 1. The summed E-state index contributed by atoms with van der Waals surface area (Å²) in [5.41, 5.74) is 0.476. The Hall–Kier alpha value is -2.02. The van der Waals surface area contributed by atoms with E-state index >= 15 is 0 Å². The fourth-order valence-corrected chi connectivity index (χ4v) is 3.12. The third-order valence-corrected chi connectivity index (χ3v) is 4.36. The molecule has 0 N–H and O–H groups in total. The van der Waals surface area contributed by atoms with Crippen LogP contribution in [0.15, 0.2) is 28.9 Å². The van der Waals surface area contributed by atoms with E-state index in [4.69, 9.17) is 4.52 Å². The molecule has 7 heteroatoms. The third kappa shape index (κ3) is 3.09. The second-order valence-corrected chi connectivity index (χ2v) is 7.73. The van der Waals surface area contributed by atoms with Gasteiger partial charge in [-0.2, -0.15) is 0 Å². The molecule has 3 rings (SSSR count). The van der Waals surface area contributed by atoms with Crippen LogP contribution in [-0.2, 0) is 15.6 Å². The normalized spacial score (nSPS) is 15.0. The highest BCUT2D eigenvalue weighted by Crippen LogP contribution is 2.42. The highest BCUT2D eigenvalue weighted by atomic mass is 32.2. The Morgan fingerprint density at radius 2 is 2.09 bits per heavy atom. The van der Waals surface area contributed by atoms with Crippen molar-refractivity contribution in [1.29, 1.82) is 0 Å². The first-order chi connectivity index (χ1) is 10.3. The lowest BCUT2D eigenvalue weighted by atomic mass is 10.0. The Bertz CT molecular complexity index is 837. The third-order valence-electron chi connectivity index (χ3n) is 3.50. The number of sulfone groups is 1. The van der Waals surface area contributed by atoms with Crippen LogP contribution in [0.5, 0.6) is 0 Å². The van der Waals surface area contributed by atoms with Crippen LogP contribution in [0.1, 0.15) is 46.0 Å². The Labute approximate surface area is 127 Å². The lowest BCUT2D eigenvalue weighted by Gasteiger charge is -2.05. The monoisotopic (exact) mass is 323 g/mol. The van der Waals surface area contributed by atoms with Crippen molar-refractivity contribution < 1.29 is 22.1 Å². The summed E-state index contributed by atoms with van der Waals surface area (Å²) in [4.78, 5) is 12.4. The van der Waals surface area contributed by atoms with Gasteiger partial charge in [0.05, 0.1) is 23.1 Å². The molecule has 0 atom stereocenters. The minimum Gasteiger partial charge on any atom is -0.360 e. The summed E-state index contributed by atoms with van der Waals surface area (Å²) in [5.74, 6) is -0.807. The van der Waals surface area contributed by atoms with Gasteiger partial charge in [-0.25, -0.2) is 12.8 Å². The lowest BCUT2D eigenvalue weighted by molar-refractivity contribution is 0.103. The fourth-order valence-electron chi connectivity index (χ4n) is 2.34. The van der Waals surface area contributed by atoms with Crippen molar-refractivity contribution in [2.75, 3.05) is 6.26 Å². The predicted octanol–water partition coefficient (Wildman–Crippen LogP) is 2.47. The molecule has 0 amide bonds. The van der Waals surface area contributed by atoms with Gasteiger partial charge in [0.2, 0.25) is 5.78 Å². The predicted molar refractivity (Wildman–Crippen MR) is 76.9 cm³/mol. The van der Waals surface area contributed by atoms with E-state index in [9.17, 15) is 17.6 Å². The van der Waals surface area contributed by atoms with E-state index < -0.39 is 21.4 Å². The van der Waals surface area contributed by atoms with Gasteiger partial charge in [-0.05, 0) is 30.5 Å². The van der Waals surface area contributed by atoms with Crippen LogP contribution in [0.3, 0.4) is 0 Å². The number of aromatic nitrogens is 1. The molecule has 0 bridgehead atoms. The van der Waals surface area contributed by atoms with E-state index in [-0.39, 0.29) is 22.8 Å². The molecule has 2 aromatic rings. The standard InChI is InChI=1S/C15H14FNO4S/c1-22(19,20)8-9-2-5-11(13(16)6-9)14(18)12-7-17-21-15(12)10-3-4-10/h2,5-7,10H,3-4,8H2,1H3. The van der Waals surface area contributed by atoms with Crippen LogP contribution in [0, 0.1) is 5.82 Å². The number of ketones is 1. The summed E-state index contributed by atoms with van der Waals surface area (Å²) in [6, 6.07) is 3.84. The summed E-state index contributed by atoms with van der Waals surface area (Å²) in [7, 11) is -3.26. The van der Waals surface area contributed by atoms with Crippen molar-refractivity contribution in [1.82, 2.24) is 5.16 Å². The molecule has 22 heavy (non-hydrogen) atoms. The summed E-state index contributed by atoms with van der Waals surface area (Å²) < 4.78 is 41.7. The van der Waals surface area contributed by atoms with Gasteiger partial charge in [-0.1, -0.05) is 11.2 Å². The smallest absolute Gasteiger partial charge is 0.201 e. The van der Waals surface area contributed by atoms with Gasteiger partial charge in [0.1, 0.15) is 5.82 Å². The van der Waals surface area contributed by atoms with Crippen molar-refractivity contribution in [3.8, 4) is 0 Å². The minimum atomic E-state index is -3.26. The van der Waals surface area contributed by atoms with E-state index in [1.807, 2.05) is 0 Å². The summed E-state index contributed by atoms with van der Waals surface area (Å²) >= 11 is 0. The molecule has 0 saturated heterocycles. The zero-order valence-corrected chi connectivity index (χ0v) is 12.7. The molecule has 1 saturated carbocycles. The SMILES string of the molecule is CS(=O)(=O)Cc1ccc(C(=O)c2cnoc2C2CC2)c(F)c1. The number of carbonyl (C=O) groups is 1. The van der Waals surface area contributed by atoms with E-state index in [0.717, 1.165) is 25.2 Å². The molecule has 0 spiro atoms. The van der Waals surface area contributed by atoms with E-state index in [1.54, 1.807) is 0 Å². The van der Waals surface area contributed by atoms with Crippen LogP contribution in [-0.4, -0.2) is 25.6 Å². The Morgan fingerprint density at radius 1 is 1.36 bits per heavy atom. The maximum Gasteiger partial charge on any atom is 0.201 e. The highest BCUT2D eigenvalue weighted by molar-refractivity contribution is 7.89. The Balaban J connectivity index is 1.91. The van der Waals surface area contributed by atoms with E-state index in [2.05, 4.69) is 5.16 Å². The number of carbonyl (C=O) groups excluding carboxylic acids is 1. The van der Waals surface area contributed by atoms with Crippen molar-refractivity contribution in [3.05, 3.63) is 52.7 Å². The van der Waals surface area contributed by atoms with E-state index in [0.29, 0.717) is 11.3 Å². The number of halogens is 1. The number of hydrogen-bond acceptors (Lipinski definition) is 5. The molecule has 0 unspecified atom stereocenters. The topological polar surface area (TPSA) is 77.2 Å². The zero-order valence-electron chi connectivity index (χ0n) is 11.9. The first-order valence-electron chi connectivity index (χ1n) is 6.80. The highest BCUT2D eigenvalue weighted by Gasteiger charge is 2.33. The van der Waals surface area contributed by atoms with Crippen molar-refractivity contribution in [3.63, 3.8) is 0 Å². The molecular weight excluding hydrogens is 309 g/mol. The first kappa shape index (κ1) is 14.9. The molecule has 1 fully saturated rings. The molecule has 1 heterocycles. The molecule has 1 aromatic heterocycles. The van der Waals surface area contributed by atoms with Gasteiger partial charge in [0.25, 0.3) is 0 Å². The van der Waals surface area contributed by atoms with Gasteiger partial charge in [-0.15, -0.1) is 0 Å². The molecule has 1 aliphatic rings. The molecule has 0 radical (unpaired) electrons. The van der Waals surface area contributed by atoms with E-state index in [1.165, 1.54) is 18.3 Å². The van der Waals surface area contributed by atoms with Crippen LogP contribution in [0.4, 0.5) is 4.39 Å². The quantitative estimate of drug-likeness (QED) is 0.790. The van der Waals surface area contributed by atoms with Crippen molar-refractivity contribution in [2.24, 2.45) is 0 Å². The maximum atomic E-state index is 14.1. The lowest BCUT2D eigenvalue weighted by Crippen LogP contribution is -2.07. The van der Waals surface area contributed by atoms with Gasteiger partial charge >= 0.3 is 0 Å². The molecule has 1 aliphatic carbocycles. The van der Waals surface area contributed by atoms with Crippen LogP contribution in [0.2, 0.25) is 0 Å². The Kier molecular flexibility index (Phi) is 3.60. The van der Waals surface area contributed by atoms with Gasteiger partial charge in [-0.3, -0.25) is 4.79 Å².